The van der Waals surface area contributed by atoms with Crippen LogP contribution in [0, 0.1) is 13.8 Å². The number of hydrogen-bond donors (Lipinski definition) is 2. The van der Waals surface area contributed by atoms with Gasteiger partial charge in [-0.15, -0.1) is 0 Å². The Morgan fingerprint density at radius 1 is 1.08 bits per heavy atom. The molecule has 3 aromatic rings. The summed E-state index contributed by atoms with van der Waals surface area (Å²) in [5.74, 6) is 0.0427. The van der Waals surface area contributed by atoms with E-state index in [4.69, 9.17) is 11.6 Å². The van der Waals surface area contributed by atoms with E-state index in [9.17, 15) is 4.79 Å². The highest BCUT2D eigenvalue weighted by Crippen LogP contribution is 2.24. The number of hydrogen-bond acceptors (Lipinski definition) is 4. The Kier molecular flexibility index (Phi) is 4.95. The second-order valence-electron chi connectivity index (χ2n) is 5.63. The van der Waals surface area contributed by atoms with Crippen molar-refractivity contribution >= 4 is 34.8 Å². The van der Waals surface area contributed by atoms with Gasteiger partial charge in [0.1, 0.15) is 5.69 Å². The monoisotopic (exact) mass is 352 g/mol. The molecule has 0 saturated carbocycles. The molecule has 2 N–H and O–H groups in total. The van der Waals surface area contributed by atoms with Gasteiger partial charge in [-0.05, 0) is 55.3 Å². The van der Waals surface area contributed by atoms with E-state index in [2.05, 4.69) is 20.6 Å². The minimum atomic E-state index is -0.293. The molecule has 126 valence electrons. The fraction of sp³-hybridized carbons (Fsp3) is 0.105. The number of rotatable bonds is 4. The molecule has 1 amide bonds. The molecule has 0 aliphatic rings. The first-order chi connectivity index (χ1) is 12.0. The Hall–Kier alpha value is -2.92. The topological polar surface area (TPSA) is 66.9 Å². The van der Waals surface area contributed by atoms with E-state index in [1.165, 1.54) is 0 Å². The van der Waals surface area contributed by atoms with Crippen molar-refractivity contribution in [2.75, 3.05) is 10.6 Å². The number of nitrogens with zero attached hydrogens (tertiary/aromatic N) is 2. The molecule has 2 aromatic carbocycles. The van der Waals surface area contributed by atoms with Crippen molar-refractivity contribution in [3.8, 4) is 0 Å². The molecule has 0 saturated heterocycles. The van der Waals surface area contributed by atoms with Crippen LogP contribution in [0.1, 0.15) is 21.6 Å². The van der Waals surface area contributed by atoms with Gasteiger partial charge in [0.15, 0.2) is 0 Å². The molecule has 0 aliphatic carbocycles. The summed E-state index contributed by atoms with van der Waals surface area (Å²) in [6, 6.07) is 14.7. The lowest BCUT2D eigenvalue weighted by Gasteiger charge is -2.10. The third-order valence-corrected chi connectivity index (χ3v) is 4.09. The zero-order chi connectivity index (χ0) is 17.8. The van der Waals surface area contributed by atoms with Crippen molar-refractivity contribution < 1.29 is 4.79 Å². The van der Waals surface area contributed by atoms with Gasteiger partial charge in [-0.2, -0.15) is 0 Å². The smallest absolute Gasteiger partial charge is 0.274 e. The number of aromatic nitrogens is 2. The van der Waals surface area contributed by atoms with Gasteiger partial charge in [0.05, 0.1) is 0 Å². The van der Waals surface area contributed by atoms with Gasteiger partial charge < -0.3 is 10.6 Å². The van der Waals surface area contributed by atoms with Crippen molar-refractivity contribution in [2.45, 2.75) is 13.8 Å². The Balaban J connectivity index is 1.79. The molecule has 0 bridgehead atoms. The van der Waals surface area contributed by atoms with Crippen LogP contribution in [0.15, 0.2) is 54.7 Å². The van der Waals surface area contributed by atoms with E-state index in [0.717, 1.165) is 22.5 Å². The number of carbonyl (C=O) groups excluding carboxylic acids is 1. The number of carbonyl (C=O) groups is 1. The lowest BCUT2D eigenvalue weighted by atomic mass is 10.2. The molecule has 0 spiro atoms. The van der Waals surface area contributed by atoms with Gasteiger partial charge >= 0.3 is 0 Å². The van der Waals surface area contributed by atoms with Gasteiger partial charge in [0.25, 0.3) is 5.91 Å². The SMILES string of the molecule is Cc1cccc(NC(=O)c2ccnc(Nc3cccc(Cl)c3C)n2)c1. The molecule has 5 nitrogen and oxygen atoms in total. The maximum Gasteiger partial charge on any atom is 0.274 e. The minimum absolute atomic E-state index is 0.277. The Morgan fingerprint density at radius 3 is 2.68 bits per heavy atom. The first-order valence-corrected chi connectivity index (χ1v) is 8.14. The third-order valence-electron chi connectivity index (χ3n) is 3.68. The summed E-state index contributed by atoms with van der Waals surface area (Å²) in [7, 11) is 0. The largest absolute Gasteiger partial charge is 0.324 e. The predicted molar refractivity (Wildman–Crippen MR) is 101 cm³/mol. The number of halogens is 1. The van der Waals surface area contributed by atoms with Gasteiger partial charge in [0.2, 0.25) is 5.95 Å². The predicted octanol–water partition coefficient (Wildman–Crippen LogP) is 4.74. The summed E-state index contributed by atoms with van der Waals surface area (Å²) in [6.45, 7) is 3.87. The molecular weight excluding hydrogens is 336 g/mol. The quantitative estimate of drug-likeness (QED) is 0.711. The molecule has 0 radical (unpaired) electrons. The summed E-state index contributed by atoms with van der Waals surface area (Å²) in [4.78, 5) is 20.8. The van der Waals surface area contributed by atoms with Crippen LogP contribution in [-0.4, -0.2) is 15.9 Å². The second-order valence-corrected chi connectivity index (χ2v) is 6.03. The van der Waals surface area contributed by atoms with E-state index in [-0.39, 0.29) is 11.6 Å². The van der Waals surface area contributed by atoms with Crippen molar-refractivity contribution in [2.24, 2.45) is 0 Å². The Bertz CT molecular complexity index is 927. The minimum Gasteiger partial charge on any atom is -0.324 e. The number of nitrogens with one attached hydrogen (secondary N) is 2. The zero-order valence-electron chi connectivity index (χ0n) is 13.9. The normalized spacial score (nSPS) is 10.4. The van der Waals surface area contributed by atoms with Gasteiger partial charge in [-0.1, -0.05) is 29.8 Å². The van der Waals surface area contributed by atoms with Gasteiger partial charge in [0, 0.05) is 22.6 Å². The molecule has 0 fully saturated rings. The van der Waals surface area contributed by atoms with Crippen LogP contribution < -0.4 is 10.6 Å². The van der Waals surface area contributed by atoms with Gasteiger partial charge in [-0.25, -0.2) is 9.97 Å². The van der Waals surface area contributed by atoms with Crippen LogP contribution in [0.4, 0.5) is 17.3 Å². The molecule has 6 heteroatoms. The summed E-state index contributed by atoms with van der Waals surface area (Å²) in [5.41, 5.74) is 3.76. The fourth-order valence-corrected chi connectivity index (χ4v) is 2.50. The highest BCUT2D eigenvalue weighted by molar-refractivity contribution is 6.31. The van der Waals surface area contributed by atoms with Crippen LogP contribution in [0.25, 0.3) is 0 Å². The molecule has 0 atom stereocenters. The first kappa shape index (κ1) is 16.9. The highest BCUT2D eigenvalue weighted by Gasteiger charge is 2.10. The molecule has 0 unspecified atom stereocenters. The zero-order valence-corrected chi connectivity index (χ0v) is 14.6. The number of benzene rings is 2. The molecule has 25 heavy (non-hydrogen) atoms. The Morgan fingerprint density at radius 2 is 1.88 bits per heavy atom. The average molecular weight is 353 g/mol. The van der Waals surface area contributed by atoms with Crippen molar-refractivity contribution in [1.82, 2.24) is 9.97 Å². The molecule has 1 aromatic heterocycles. The Labute approximate surface area is 151 Å². The number of anilines is 3. The average Bonchev–Trinajstić information content (AvgIpc) is 2.59. The van der Waals surface area contributed by atoms with E-state index in [0.29, 0.717) is 11.0 Å². The van der Waals surface area contributed by atoms with E-state index < -0.39 is 0 Å². The van der Waals surface area contributed by atoms with E-state index in [1.807, 2.05) is 56.3 Å². The van der Waals surface area contributed by atoms with E-state index in [1.54, 1.807) is 12.3 Å². The molecule has 0 aliphatic heterocycles. The van der Waals surface area contributed by atoms with Crippen molar-refractivity contribution in [1.29, 1.82) is 0 Å². The summed E-state index contributed by atoms with van der Waals surface area (Å²) >= 11 is 6.12. The molecular formula is C19H17ClN4O. The lowest BCUT2D eigenvalue weighted by Crippen LogP contribution is -2.14. The standard InChI is InChI=1S/C19H17ClN4O/c1-12-5-3-6-14(11-12)22-18(25)17-9-10-21-19(24-17)23-16-8-4-7-15(20)13(16)2/h3-11H,1-2H3,(H,22,25)(H,21,23,24). The maximum atomic E-state index is 12.4. The van der Waals surface area contributed by atoms with Crippen LogP contribution in [0.5, 0.6) is 0 Å². The van der Waals surface area contributed by atoms with Crippen molar-refractivity contribution in [3.05, 3.63) is 76.6 Å². The van der Waals surface area contributed by atoms with Crippen LogP contribution in [0.3, 0.4) is 0 Å². The molecule has 1 heterocycles. The van der Waals surface area contributed by atoms with Crippen molar-refractivity contribution in [3.63, 3.8) is 0 Å². The number of aryl methyl sites for hydroxylation is 1. The summed E-state index contributed by atoms with van der Waals surface area (Å²) in [6.07, 6.45) is 1.54. The second kappa shape index (κ2) is 7.32. The van der Waals surface area contributed by atoms with E-state index >= 15 is 0 Å². The third kappa shape index (κ3) is 4.14. The van der Waals surface area contributed by atoms with Crippen LogP contribution >= 0.6 is 11.6 Å². The lowest BCUT2D eigenvalue weighted by molar-refractivity contribution is 0.102. The maximum absolute atomic E-state index is 12.4. The first-order valence-electron chi connectivity index (χ1n) is 7.76. The summed E-state index contributed by atoms with van der Waals surface area (Å²) in [5, 5.41) is 6.58. The van der Waals surface area contributed by atoms with Crippen LogP contribution in [-0.2, 0) is 0 Å². The number of amides is 1. The molecule has 3 rings (SSSR count). The van der Waals surface area contributed by atoms with Crippen LogP contribution in [0.2, 0.25) is 5.02 Å². The fourth-order valence-electron chi connectivity index (χ4n) is 2.33. The summed E-state index contributed by atoms with van der Waals surface area (Å²) < 4.78 is 0. The van der Waals surface area contributed by atoms with Gasteiger partial charge in [-0.3, -0.25) is 4.79 Å². The highest BCUT2D eigenvalue weighted by atomic mass is 35.5.